The number of rotatable bonds is 6. The van der Waals surface area contributed by atoms with Crippen LogP contribution in [0.15, 0.2) is 24.3 Å². The van der Waals surface area contributed by atoms with Gasteiger partial charge in [0.2, 0.25) is 0 Å². The van der Waals surface area contributed by atoms with Gasteiger partial charge in [-0.05, 0) is 13.3 Å². The van der Waals surface area contributed by atoms with E-state index < -0.39 is 0 Å². The van der Waals surface area contributed by atoms with E-state index in [9.17, 15) is 4.79 Å². The van der Waals surface area contributed by atoms with Crippen LogP contribution in [0, 0.1) is 12.3 Å². The third-order valence-electron chi connectivity index (χ3n) is 2.63. The molecule has 0 radical (unpaired) electrons. The van der Waals surface area contributed by atoms with E-state index in [0.29, 0.717) is 12.1 Å². The Kier molecular flexibility index (Phi) is 5.40. The lowest BCUT2D eigenvalue weighted by molar-refractivity contribution is -0.114. The average molecular weight is 232 g/mol. The minimum atomic E-state index is -0.287. The van der Waals surface area contributed by atoms with Crippen LogP contribution in [0.4, 0.5) is 0 Å². The van der Waals surface area contributed by atoms with Gasteiger partial charge in [0.05, 0.1) is 0 Å². The fourth-order valence-corrected chi connectivity index (χ4v) is 1.52. The highest BCUT2D eigenvalue weighted by molar-refractivity contribution is 6.44. The molecule has 0 heterocycles. The molecule has 0 bridgehead atoms. The van der Waals surface area contributed by atoms with E-state index in [2.05, 4.69) is 12.2 Å². The van der Waals surface area contributed by atoms with Gasteiger partial charge >= 0.3 is 0 Å². The molecule has 0 aliphatic heterocycles. The quantitative estimate of drug-likeness (QED) is 0.575. The number of nitrogens with one attached hydrogen (secondary N) is 2. The van der Waals surface area contributed by atoms with Gasteiger partial charge in [-0.15, -0.1) is 0 Å². The van der Waals surface area contributed by atoms with E-state index in [0.717, 1.165) is 24.8 Å². The number of benzene rings is 1. The van der Waals surface area contributed by atoms with Crippen LogP contribution >= 0.6 is 0 Å². The first kappa shape index (κ1) is 13.4. The smallest absolute Gasteiger partial charge is 0.269 e. The monoisotopic (exact) mass is 232 g/mol. The van der Waals surface area contributed by atoms with Crippen LogP contribution in [0.25, 0.3) is 0 Å². The van der Waals surface area contributed by atoms with E-state index in [1.807, 2.05) is 31.2 Å². The molecular formula is C14H20N2O. The summed E-state index contributed by atoms with van der Waals surface area (Å²) in [5.41, 5.74) is 1.84. The Morgan fingerprint density at radius 2 is 1.88 bits per heavy atom. The Morgan fingerprint density at radius 3 is 2.47 bits per heavy atom. The number of hydrogen-bond acceptors (Lipinski definition) is 2. The van der Waals surface area contributed by atoms with E-state index in [1.54, 1.807) is 0 Å². The van der Waals surface area contributed by atoms with Gasteiger partial charge in [-0.25, -0.2) is 0 Å². The molecule has 0 saturated carbocycles. The standard InChI is InChI=1S/C14H20N2O/c1-3-4-5-10-16-14(17)13(15)12-8-6-11(2)7-9-12/h6-9,15H,3-5,10H2,1-2H3,(H,16,17). The molecule has 0 fully saturated rings. The Labute approximate surface area is 103 Å². The first-order chi connectivity index (χ1) is 8.15. The van der Waals surface area contributed by atoms with Gasteiger partial charge in [0.15, 0.2) is 0 Å². The highest BCUT2D eigenvalue weighted by Gasteiger charge is 2.10. The fraction of sp³-hybridized carbons (Fsp3) is 0.429. The minimum Gasteiger partial charge on any atom is -0.351 e. The van der Waals surface area contributed by atoms with Crippen LogP contribution in [0.5, 0.6) is 0 Å². The summed E-state index contributed by atoms with van der Waals surface area (Å²) in [4.78, 5) is 11.7. The van der Waals surface area contributed by atoms with Crippen LogP contribution in [-0.4, -0.2) is 18.2 Å². The Balaban J connectivity index is 2.46. The Morgan fingerprint density at radius 1 is 1.24 bits per heavy atom. The first-order valence-corrected chi connectivity index (χ1v) is 6.09. The van der Waals surface area contributed by atoms with Crippen molar-refractivity contribution in [3.63, 3.8) is 0 Å². The maximum atomic E-state index is 11.7. The number of unbranched alkanes of at least 4 members (excludes halogenated alkanes) is 2. The van der Waals surface area contributed by atoms with E-state index >= 15 is 0 Å². The number of carbonyl (C=O) groups is 1. The number of hydrogen-bond donors (Lipinski definition) is 2. The van der Waals surface area contributed by atoms with Crippen LogP contribution in [-0.2, 0) is 4.79 Å². The van der Waals surface area contributed by atoms with Gasteiger partial charge in [-0.3, -0.25) is 10.2 Å². The maximum absolute atomic E-state index is 11.7. The molecular weight excluding hydrogens is 212 g/mol. The molecule has 1 aromatic rings. The zero-order valence-electron chi connectivity index (χ0n) is 10.5. The largest absolute Gasteiger partial charge is 0.351 e. The SMILES string of the molecule is CCCCCNC(=O)C(=N)c1ccc(C)cc1. The summed E-state index contributed by atoms with van der Waals surface area (Å²) in [5, 5.41) is 10.5. The predicted molar refractivity (Wildman–Crippen MR) is 70.5 cm³/mol. The molecule has 1 amide bonds. The topological polar surface area (TPSA) is 53.0 Å². The number of carbonyl (C=O) groups excluding carboxylic acids is 1. The van der Waals surface area contributed by atoms with Crippen molar-refractivity contribution in [2.24, 2.45) is 0 Å². The second kappa shape index (κ2) is 6.84. The molecule has 3 nitrogen and oxygen atoms in total. The Hall–Kier alpha value is -1.64. The third kappa shape index (κ3) is 4.39. The molecule has 0 atom stereocenters. The van der Waals surface area contributed by atoms with Crippen molar-refractivity contribution in [3.8, 4) is 0 Å². The normalized spacial score (nSPS) is 10.0. The third-order valence-corrected chi connectivity index (χ3v) is 2.63. The highest BCUT2D eigenvalue weighted by atomic mass is 16.1. The van der Waals surface area contributed by atoms with Crippen molar-refractivity contribution in [2.75, 3.05) is 6.54 Å². The summed E-state index contributed by atoms with van der Waals surface area (Å²) >= 11 is 0. The van der Waals surface area contributed by atoms with E-state index in [1.165, 1.54) is 0 Å². The molecule has 0 unspecified atom stereocenters. The summed E-state index contributed by atoms with van der Waals surface area (Å²) in [7, 11) is 0. The molecule has 0 aromatic heterocycles. The lowest BCUT2D eigenvalue weighted by Gasteiger charge is -2.06. The van der Waals surface area contributed by atoms with Gasteiger partial charge in [0.1, 0.15) is 5.71 Å². The summed E-state index contributed by atoms with van der Waals surface area (Å²) in [6.45, 7) is 4.76. The second-order valence-corrected chi connectivity index (χ2v) is 4.20. The summed E-state index contributed by atoms with van der Waals surface area (Å²) in [6, 6.07) is 7.44. The predicted octanol–water partition coefficient (Wildman–Crippen LogP) is 2.67. The van der Waals surface area contributed by atoms with Crippen LogP contribution in [0.1, 0.15) is 37.3 Å². The van der Waals surface area contributed by atoms with Gasteiger partial charge in [-0.1, -0.05) is 49.6 Å². The fourth-order valence-electron chi connectivity index (χ4n) is 1.52. The maximum Gasteiger partial charge on any atom is 0.269 e. The lowest BCUT2D eigenvalue weighted by Crippen LogP contribution is -2.31. The number of aryl methyl sites for hydroxylation is 1. The molecule has 0 spiro atoms. The molecule has 92 valence electrons. The zero-order valence-corrected chi connectivity index (χ0v) is 10.5. The lowest BCUT2D eigenvalue weighted by atomic mass is 10.1. The molecule has 3 heteroatoms. The van der Waals surface area contributed by atoms with Gasteiger partial charge in [0, 0.05) is 12.1 Å². The molecule has 17 heavy (non-hydrogen) atoms. The van der Waals surface area contributed by atoms with Crippen LogP contribution < -0.4 is 5.32 Å². The molecule has 0 saturated heterocycles. The minimum absolute atomic E-state index is 0.0431. The average Bonchev–Trinajstić information content (AvgIpc) is 2.34. The second-order valence-electron chi connectivity index (χ2n) is 4.20. The van der Waals surface area contributed by atoms with Gasteiger partial charge in [-0.2, -0.15) is 0 Å². The van der Waals surface area contributed by atoms with Gasteiger partial charge < -0.3 is 5.32 Å². The van der Waals surface area contributed by atoms with Crippen LogP contribution in [0.3, 0.4) is 0 Å². The molecule has 0 aliphatic carbocycles. The molecule has 2 N–H and O–H groups in total. The van der Waals surface area contributed by atoms with Crippen LogP contribution in [0.2, 0.25) is 0 Å². The Bertz CT molecular complexity index is 382. The highest BCUT2D eigenvalue weighted by Crippen LogP contribution is 2.04. The van der Waals surface area contributed by atoms with Crippen molar-refractivity contribution in [1.29, 1.82) is 5.41 Å². The summed E-state index contributed by atoms with van der Waals surface area (Å²) in [6.07, 6.45) is 3.22. The van der Waals surface area contributed by atoms with Crippen molar-refractivity contribution >= 4 is 11.6 Å². The summed E-state index contributed by atoms with van der Waals surface area (Å²) < 4.78 is 0. The van der Waals surface area contributed by atoms with Crippen molar-refractivity contribution in [1.82, 2.24) is 5.32 Å². The molecule has 1 rings (SSSR count). The summed E-state index contributed by atoms with van der Waals surface area (Å²) in [5.74, 6) is -0.287. The first-order valence-electron chi connectivity index (χ1n) is 6.09. The van der Waals surface area contributed by atoms with Gasteiger partial charge in [0.25, 0.3) is 5.91 Å². The number of amides is 1. The van der Waals surface area contributed by atoms with Crippen molar-refractivity contribution in [3.05, 3.63) is 35.4 Å². The van der Waals surface area contributed by atoms with E-state index in [4.69, 9.17) is 5.41 Å². The van der Waals surface area contributed by atoms with Crippen molar-refractivity contribution < 1.29 is 4.79 Å². The molecule has 1 aromatic carbocycles. The van der Waals surface area contributed by atoms with E-state index in [-0.39, 0.29) is 11.6 Å². The van der Waals surface area contributed by atoms with Crippen molar-refractivity contribution in [2.45, 2.75) is 33.1 Å². The molecule has 0 aliphatic rings. The zero-order chi connectivity index (χ0) is 12.7.